The minimum Gasteiger partial charge on any atom is -0.491 e. The second-order valence-electron chi connectivity index (χ2n) is 6.56. The largest absolute Gasteiger partial charge is 0.491 e. The lowest BCUT2D eigenvalue weighted by Crippen LogP contribution is -2.31. The first-order chi connectivity index (χ1) is 11.6. The zero-order valence-electron chi connectivity index (χ0n) is 14.7. The van der Waals surface area contributed by atoms with E-state index in [1.54, 1.807) is 0 Å². The van der Waals surface area contributed by atoms with Gasteiger partial charge in [-0.25, -0.2) is 4.99 Å². The lowest BCUT2D eigenvalue weighted by Gasteiger charge is -2.33. The highest BCUT2D eigenvalue weighted by Crippen LogP contribution is 2.38. The maximum Gasteiger partial charge on any atom is 0.193 e. The Hall–Kier alpha value is -1.76. The molecule has 134 valence electrons. The third-order valence-corrected chi connectivity index (χ3v) is 4.20. The van der Waals surface area contributed by atoms with E-state index in [0.29, 0.717) is 17.9 Å². The molecular weight excluding hydrogens is 425 g/mol. The number of ether oxygens (including phenoxy) is 1. The molecule has 0 saturated heterocycles. The van der Waals surface area contributed by atoms with Crippen LogP contribution in [0.15, 0.2) is 59.6 Å². The number of halogens is 1. The predicted molar refractivity (Wildman–Crippen MR) is 115 cm³/mol. The van der Waals surface area contributed by atoms with Gasteiger partial charge in [-0.1, -0.05) is 30.3 Å². The van der Waals surface area contributed by atoms with E-state index in [1.165, 1.54) is 5.56 Å². The van der Waals surface area contributed by atoms with Gasteiger partial charge < -0.3 is 15.8 Å². The number of hydrogen-bond acceptors (Lipinski definition) is 2. The molecule has 3 rings (SSSR count). The fourth-order valence-electron chi connectivity index (χ4n) is 2.96. The van der Waals surface area contributed by atoms with Crippen molar-refractivity contribution in [2.45, 2.75) is 44.8 Å². The second-order valence-corrected chi connectivity index (χ2v) is 6.56. The summed E-state index contributed by atoms with van der Waals surface area (Å²) >= 11 is 0. The quantitative estimate of drug-likeness (QED) is 0.392. The lowest BCUT2D eigenvalue weighted by atomic mass is 9.76. The fraction of sp³-hybridized carbons (Fsp3) is 0.350. The van der Waals surface area contributed by atoms with Gasteiger partial charge in [-0.2, -0.15) is 0 Å². The van der Waals surface area contributed by atoms with Gasteiger partial charge in [0.15, 0.2) is 5.96 Å². The van der Waals surface area contributed by atoms with Crippen LogP contribution in [0.4, 0.5) is 5.69 Å². The molecule has 0 bridgehead atoms. The summed E-state index contributed by atoms with van der Waals surface area (Å²) in [5.74, 6) is 1.94. The molecule has 0 unspecified atom stereocenters. The Morgan fingerprint density at radius 2 is 1.72 bits per heavy atom. The van der Waals surface area contributed by atoms with E-state index in [1.807, 2.05) is 38.1 Å². The molecule has 25 heavy (non-hydrogen) atoms. The summed E-state index contributed by atoms with van der Waals surface area (Å²) in [5.41, 5.74) is 8.35. The molecule has 1 aliphatic rings. The van der Waals surface area contributed by atoms with Crippen molar-refractivity contribution in [3.05, 3.63) is 60.2 Å². The van der Waals surface area contributed by atoms with Crippen molar-refractivity contribution >= 4 is 35.6 Å². The highest BCUT2D eigenvalue weighted by atomic mass is 127. The Bertz CT molecular complexity index is 680. The minimum absolute atomic E-state index is 0. The van der Waals surface area contributed by atoms with E-state index in [4.69, 9.17) is 10.5 Å². The molecule has 1 fully saturated rings. The van der Waals surface area contributed by atoms with Crippen molar-refractivity contribution in [2.24, 2.45) is 10.7 Å². The lowest BCUT2D eigenvalue weighted by molar-refractivity contribution is 0.242. The van der Waals surface area contributed by atoms with Crippen LogP contribution in [0.3, 0.4) is 0 Å². The zero-order chi connectivity index (χ0) is 16.9. The molecule has 2 aromatic rings. The summed E-state index contributed by atoms with van der Waals surface area (Å²) in [6, 6.07) is 18.7. The Kier molecular flexibility index (Phi) is 7.11. The van der Waals surface area contributed by atoms with Crippen LogP contribution in [0, 0.1) is 0 Å². The molecule has 0 aliphatic heterocycles. The smallest absolute Gasteiger partial charge is 0.193 e. The van der Waals surface area contributed by atoms with Crippen LogP contribution in [0.25, 0.3) is 0 Å². The van der Waals surface area contributed by atoms with Gasteiger partial charge >= 0.3 is 0 Å². The highest BCUT2D eigenvalue weighted by molar-refractivity contribution is 14.0. The number of nitrogens with zero attached hydrogens (tertiary/aromatic N) is 1. The van der Waals surface area contributed by atoms with E-state index in [2.05, 4.69) is 40.6 Å². The normalized spacial score (nSPS) is 19.7. The zero-order valence-corrected chi connectivity index (χ0v) is 17.0. The molecule has 4 nitrogen and oxygen atoms in total. The topological polar surface area (TPSA) is 59.6 Å². The summed E-state index contributed by atoms with van der Waals surface area (Å²) in [7, 11) is 0. The Morgan fingerprint density at radius 3 is 2.32 bits per heavy atom. The first-order valence-corrected chi connectivity index (χ1v) is 8.52. The van der Waals surface area contributed by atoms with Crippen molar-refractivity contribution in [2.75, 3.05) is 5.32 Å². The van der Waals surface area contributed by atoms with Crippen molar-refractivity contribution < 1.29 is 4.74 Å². The molecule has 0 aromatic heterocycles. The van der Waals surface area contributed by atoms with Crippen LogP contribution in [0.5, 0.6) is 5.75 Å². The molecule has 0 radical (unpaired) electrons. The van der Waals surface area contributed by atoms with E-state index >= 15 is 0 Å². The van der Waals surface area contributed by atoms with Crippen LogP contribution in [0.1, 0.15) is 38.2 Å². The minimum atomic E-state index is 0. The molecule has 1 saturated carbocycles. The van der Waals surface area contributed by atoms with Crippen molar-refractivity contribution in [3.8, 4) is 5.75 Å². The number of guanidine groups is 1. The Labute approximate surface area is 166 Å². The summed E-state index contributed by atoms with van der Waals surface area (Å²) in [4.78, 5) is 4.58. The fourth-order valence-corrected chi connectivity index (χ4v) is 2.96. The van der Waals surface area contributed by atoms with Crippen LogP contribution in [-0.4, -0.2) is 18.1 Å². The molecule has 0 spiro atoms. The van der Waals surface area contributed by atoms with Gasteiger partial charge in [0.1, 0.15) is 5.75 Å². The SMILES string of the molecule is CC(C)Oc1ccc(NC(N)=NC2CC(c3ccccc3)C2)cc1.I. The van der Waals surface area contributed by atoms with E-state index in [0.717, 1.165) is 24.3 Å². The van der Waals surface area contributed by atoms with Crippen LogP contribution in [-0.2, 0) is 0 Å². The number of aliphatic imine (C=N–C) groups is 1. The van der Waals surface area contributed by atoms with Gasteiger partial charge in [-0.15, -0.1) is 24.0 Å². The molecule has 0 amide bonds. The number of benzene rings is 2. The molecule has 1 aliphatic carbocycles. The maximum absolute atomic E-state index is 6.03. The van der Waals surface area contributed by atoms with Gasteiger partial charge in [-0.05, 0) is 62.4 Å². The standard InChI is InChI=1S/C20H25N3O.HI/c1-14(2)24-19-10-8-17(9-11-19)22-20(21)23-18-12-16(13-18)15-6-4-3-5-7-15;/h3-11,14,16,18H,12-13H2,1-2H3,(H3,21,22,23);1H. The van der Waals surface area contributed by atoms with Crippen LogP contribution < -0.4 is 15.8 Å². The van der Waals surface area contributed by atoms with Crippen LogP contribution >= 0.6 is 24.0 Å². The number of anilines is 1. The number of rotatable bonds is 5. The molecule has 5 heteroatoms. The highest BCUT2D eigenvalue weighted by Gasteiger charge is 2.30. The number of nitrogens with one attached hydrogen (secondary N) is 1. The molecular formula is C20H26IN3O. The van der Waals surface area contributed by atoms with Crippen molar-refractivity contribution in [1.29, 1.82) is 0 Å². The van der Waals surface area contributed by atoms with Crippen LogP contribution in [0.2, 0.25) is 0 Å². The second kappa shape index (κ2) is 9.08. The van der Waals surface area contributed by atoms with Gasteiger partial charge in [0.05, 0.1) is 12.1 Å². The monoisotopic (exact) mass is 451 g/mol. The van der Waals surface area contributed by atoms with Gasteiger partial charge in [0.2, 0.25) is 0 Å². The summed E-state index contributed by atoms with van der Waals surface area (Å²) in [5, 5.41) is 3.15. The summed E-state index contributed by atoms with van der Waals surface area (Å²) in [6.45, 7) is 4.02. The molecule has 2 aromatic carbocycles. The number of nitrogens with two attached hydrogens (primary N) is 1. The van der Waals surface area contributed by atoms with E-state index in [-0.39, 0.29) is 30.1 Å². The molecule has 0 atom stereocenters. The summed E-state index contributed by atoms with van der Waals surface area (Å²) in [6.07, 6.45) is 2.30. The average Bonchev–Trinajstić information content (AvgIpc) is 2.53. The molecule has 0 heterocycles. The predicted octanol–water partition coefficient (Wildman–Crippen LogP) is 4.76. The first-order valence-electron chi connectivity index (χ1n) is 8.52. The Balaban J connectivity index is 0.00000225. The average molecular weight is 451 g/mol. The van der Waals surface area contributed by atoms with E-state index in [9.17, 15) is 0 Å². The van der Waals surface area contributed by atoms with Gasteiger partial charge in [0.25, 0.3) is 0 Å². The van der Waals surface area contributed by atoms with E-state index < -0.39 is 0 Å². The van der Waals surface area contributed by atoms with Crippen molar-refractivity contribution in [1.82, 2.24) is 0 Å². The summed E-state index contributed by atoms with van der Waals surface area (Å²) < 4.78 is 5.63. The molecule has 3 N–H and O–H groups in total. The van der Waals surface area contributed by atoms with Crippen molar-refractivity contribution in [3.63, 3.8) is 0 Å². The van der Waals surface area contributed by atoms with Gasteiger partial charge in [-0.3, -0.25) is 0 Å². The van der Waals surface area contributed by atoms with Gasteiger partial charge in [0, 0.05) is 5.69 Å². The third kappa shape index (κ3) is 5.63. The number of hydrogen-bond donors (Lipinski definition) is 2. The Morgan fingerprint density at radius 1 is 1.08 bits per heavy atom. The first kappa shape index (κ1) is 19.6. The maximum atomic E-state index is 6.03. The third-order valence-electron chi connectivity index (χ3n) is 4.20.